The molecule has 0 bridgehead atoms. The van der Waals surface area contributed by atoms with Crippen molar-refractivity contribution < 1.29 is 0 Å². The monoisotopic (exact) mass is 116 g/mol. The molecule has 0 aromatic rings. The predicted molar refractivity (Wildman–Crippen MR) is 38.4 cm³/mol. The number of hydrogen-bond acceptors (Lipinski definition) is 2. The van der Waals surface area contributed by atoms with Crippen LogP contribution in [0.3, 0.4) is 0 Å². The number of hydrazine groups is 1. The molecule has 0 aliphatic carbocycles. The van der Waals surface area contributed by atoms with Crippen molar-refractivity contribution in [3.8, 4) is 0 Å². The summed E-state index contributed by atoms with van der Waals surface area (Å²) in [6.45, 7) is 8.17. The van der Waals surface area contributed by atoms with Crippen molar-refractivity contribution in [3.05, 3.63) is 12.7 Å². The van der Waals surface area contributed by atoms with Gasteiger partial charge in [-0.05, 0) is 6.92 Å². The molecule has 2 heteroatoms. The van der Waals surface area contributed by atoms with E-state index in [-0.39, 0.29) is 0 Å². The lowest BCUT2D eigenvalue weighted by molar-refractivity contribution is 0.370. The van der Waals surface area contributed by atoms with Crippen LogP contribution in [0.25, 0.3) is 0 Å². The zero-order chi connectivity index (χ0) is 6.99. The van der Waals surface area contributed by atoms with Gasteiger partial charge in [-0.2, -0.15) is 0 Å². The van der Waals surface area contributed by atoms with Gasteiger partial charge in [-0.1, -0.05) is 13.0 Å². The van der Waals surface area contributed by atoms with Gasteiger partial charge in [0.25, 0.3) is 0 Å². The first kappa shape index (κ1) is 10.6. The van der Waals surface area contributed by atoms with Gasteiger partial charge in [0.2, 0.25) is 0 Å². The minimum absolute atomic E-state index is 0.917. The summed E-state index contributed by atoms with van der Waals surface area (Å²) in [4.78, 5) is 0. The van der Waals surface area contributed by atoms with Crippen molar-refractivity contribution in [2.45, 2.75) is 13.8 Å². The maximum atomic E-state index is 5.12. The van der Waals surface area contributed by atoms with Crippen LogP contribution in [0.4, 0.5) is 0 Å². The summed E-state index contributed by atoms with van der Waals surface area (Å²) in [5.41, 5.74) is 0. The number of rotatable bonds is 1. The van der Waals surface area contributed by atoms with E-state index in [2.05, 4.69) is 6.58 Å². The van der Waals surface area contributed by atoms with Crippen LogP contribution < -0.4 is 5.84 Å². The van der Waals surface area contributed by atoms with Crippen molar-refractivity contribution in [2.75, 3.05) is 13.6 Å². The molecule has 0 rings (SSSR count). The maximum absolute atomic E-state index is 5.12. The molecular formula is C6H16N2. The highest BCUT2D eigenvalue weighted by Crippen LogP contribution is 1.57. The van der Waals surface area contributed by atoms with E-state index in [1.807, 2.05) is 20.9 Å². The molecule has 2 N–H and O–H groups in total. The molecule has 0 spiro atoms. The standard InChI is InChI=1S/C3H10N2.C3H6/c1-3-5(2)4;1-3-2/h3-4H2,1-2H3;3H,1H2,2H3. The molecule has 0 radical (unpaired) electrons. The average Bonchev–Trinajstić information content (AvgIpc) is 1.69. The van der Waals surface area contributed by atoms with Gasteiger partial charge in [-0.3, -0.25) is 10.9 Å². The fourth-order valence-corrected chi connectivity index (χ4v) is 0. The normalized spacial score (nSPS) is 7.62. The van der Waals surface area contributed by atoms with Crippen molar-refractivity contribution in [2.24, 2.45) is 5.84 Å². The van der Waals surface area contributed by atoms with Gasteiger partial charge in [0.05, 0.1) is 0 Å². The van der Waals surface area contributed by atoms with E-state index in [0.29, 0.717) is 0 Å². The molecule has 0 atom stereocenters. The molecule has 0 amide bonds. The summed E-state index contributed by atoms with van der Waals surface area (Å²) in [6, 6.07) is 0. The summed E-state index contributed by atoms with van der Waals surface area (Å²) in [7, 11) is 1.83. The first-order chi connectivity index (χ1) is 3.68. The van der Waals surface area contributed by atoms with Crippen molar-refractivity contribution in [1.82, 2.24) is 5.01 Å². The van der Waals surface area contributed by atoms with E-state index in [4.69, 9.17) is 5.84 Å². The molecule has 50 valence electrons. The van der Waals surface area contributed by atoms with Crippen molar-refractivity contribution in [1.29, 1.82) is 0 Å². The van der Waals surface area contributed by atoms with Crippen LogP contribution in [0.1, 0.15) is 13.8 Å². The second-order valence-corrected chi connectivity index (χ2v) is 1.48. The molecule has 0 heterocycles. The van der Waals surface area contributed by atoms with E-state index >= 15 is 0 Å². The van der Waals surface area contributed by atoms with Crippen LogP contribution in [0.5, 0.6) is 0 Å². The van der Waals surface area contributed by atoms with E-state index in [9.17, 15) is 0 Å². The predicted octanol–water partition coefficient (Wildman–Crippen LogP) is 1.00. The summed E-state index contributed by atoms with van der Waals surface area (Å²) >= 11 is 0. The Labute approximate surface area is 52.0 Å². The van der Waals surface area contributed by atoms with Crippen LogP contribution in [0, 0.1) is 0 Å². The molecular weight excluding hydrogens is 100 g/mol. The molecule has 0 aromatic heterocycles. The zero-order valence-electron chi connectivity index (χ0n) is 6.02. The Morgan fingerprint density at radius 1 is 1.75 bits per heavy atom. The van der Waals surface area contributed by atoms with E-state index in [1.54, 1.807) is 11.1 Å². The number of nitrogens with two attached hydrogens (primary N) is 1. The molecule has 8 heavy (non-hydrogen) atoms. The summed E-state index contributed by atoms with van der Waals surface area (Å²) in [6.07, 6.45) is 1.75. The highest BCUT2D eigenvalue weighted by molar-refractivity contribution is 4.51. The Morgan fingerprint density at radius 2 is 1.88 bits per heavy atom. The molecule has 0 unspecified atom stereocenters. The van der Waals surface area contributed by atoms with Crippen LogP contribution >= 0.6 is 0 Å². The lowest BCUT2D eigenvalue weighted by Crippen LogP contribution is -2.24. The Kier molecular flexibility index (Phi) is 13.0. The highest BCUT2D eigenvalue weighted by Gasteiger charge is 1.72. The van der Waals surface area contributed by atoms with Gasteiger partial charge < -0.3 is 0 Å². The first-order valence-electron chi connectivity index (χ1n) is 2.71. The lowest BCUT2D eigenvalue weighted by Gasteiger charge is -2.00. The fourth-order valence-electron chi connectivity index (χ4n) is 0. The highest BCUT2D eigenvalue weighted by atomic mass is 15.4. The summed E-state index contributed by atoms with van der Waals surface area (Å²) in [5, 5.41) is 1.62. The topological polar surface area (TPSA) is 29.3 Å². The molecule has 0 aliphatic heterocycles. The minimum atomic E-state index is 0.917. The van der Waals surface area contributed by atoms with Crippen molar-refractivity contribution >= 4 is 0 Å². The number of allylic oxidation sites excluding steroid dienone is 1. The molecule has 0 aliphatic rings. The van der Waals surface area contributed by atoms with E-state index in [0.717, 1.165) is 6.54 Å². The number of nitrogens with zero attached hydrogens (tertiary/aromatic N) is 1. The SMILES string of the molecule is C=CC.CCN(C)N. The summed E-state index contributed by atoms with van der Waals surface area (Å²) < 4.78 is 0. The van der Waals surface area contributed by atoms with Crippen LogP contribution in [-0.4, -0.2) is 18.6 Å². The fraction of sp³-hybridized carbons (Fsp3) is 0.667. The second-order valence-electron chi connectivity index (χ2n) is 1.48. The third-order valence-electron chi connectivity index (χ3n) is 0.499. The first-order valence-corrected chi connectivity index (χ1v) is 2.71. The van der Waals surface area contributed by atoms with Gasteiger partial charge in [0.15, 0.2) is 0 Å². The summed E-state index contributed by atoms with van der Waals surface area (Å²) in [5.74, 6) is 5.12. The smallest absolute Gasteiger partial charge is 0.00966 e. The minimum Gasteiger partial charge on any atom is -0.269 e. The van der Waals surface area contributed by atoms with Gasteiger partial charge in [0, 0.05) is 13.6 Å². The van der Waals surface area contributed by atoms with Gasteiger partial charge in [-0.15, -0.1) is 6.58 Å². The molecule has 2 nitrogen and oxygen atoms in total. The largest absolute Gasteiger partial charge is 0.269 e. The second kappa shape index (κ2) is 9.83. The Bertz CT molecular complexity index is 41.8. The Balaban J connectivity index is 0. The van der Waals surface area contributed by atoms with Crippen LogP contribution in [-0.2, 0) is 0 Å². The Hall–Kier alpha value is -0.340. The maximum Gasteiger partial charge on any atom is 0.00966 e. The third-order valence-corrected chi connectivity index (χ3v) is 0.499. The van der Waals surface area contributed by atoms with Gasteiger partial charge in [-0.25, -0.2) is 0 Å². The molecule has 0 fully saturated rings. The van der Waals surface area contributed by atoms with Crippen LogP contribution in [0.15, 0.2) is 12.7 Å². The molecule has 0 aromatic carbocycles. The van der Waals surface area contributed by atoms with Crippen molar-refractivity contribution in [3.63, 3.8) is 0 Å². The van der Waals surface area contributed by atoms with E-state index in [1.165, 1.54) is 0 Å². The molecule has 0 saturated heterocycles. The van der Waals surface area contributed by atoms with Crippen LogP contribution in [0.2, 0.25) is 0 Å². The Morgan fingerprint density at radius 3 is 1.88 bits per heavy atom. The van der Waals surface area contributed by atoms with Gasteiger partial charge >= 0.3 is 0 Å². The van der Waals surface area contributed by atoms with Gasteiger partial charge in [0.1, 0.15) is 0 Å². The third kappa shape index (κ3) is 44.6. The zero-order valence-corrected chi connectivity index (χ0v) is 6.02. The lowest BCUT2D eigenvalue weighted by atomic mass is 10.8. The number of hydrogen-bond donors (Lipinski definition) is 1. The molecule has 0 saturated carbocycles. The van der Waals surface area contributed by atoms with E-state index < -0.39 is 0 Å². The quantitative estimate of drug-likeness (QED) is 0.314. The average molecular weight is 116 g/mol.